The number of hydrogen-bond acceptors (Lipinski definition) is 3. The van der Waals surface area contributed by atoms with Gasteiger partial charge >= 0.3 is 7.82 Å². The van der Waals surface area contributed by atoms with Gasteiger partial charge in [-0.05, 0) is 43.2 Å². The minimum atomic E-state index is -4.43. The van der Waals surface area contributed by atoms with Crippen molar-refractivity contribution in [1.82, 2.24) is 0 Å². The summed E-state index contributed by atoms with van der Waals surface area (Å²) in [6, 6.07) is 22.2. The number of fused-ring (bicyclic) bond motifs is 3. The standard InChI is InChI=1S/C12H8S.C8H11O4P/c1-3-7-11-9(5-1)10-6-2-4-8-12(10)13-11;1-6-4-3-5-8(7(6)2)12-13(9,10)11/h1-8H;3-5H,1-2H3,(H2,9,10,11). The van der Waals surface area contributed by atoms with E-state index in [9.17, 15) is 4.57 Å². The van der Waals surface area contributed by atoms with Crippen LogP contribution in [0.4, 0.5) is 0 Å². The van der Waals surface area contributed by atoms with E-state index in [1.165, 1.54) is 26.2 Å². The molecule has 4 aromatic rings. The maximum absolute atomic E-state index is 10.5. The molecule has 0 spiro atoms. The summed E-state index contributed by atoms with van der Waals surface area (Å²) in [7, 11) is -4.43. The molecule has 4 nitrogen and oxygen atoms in total. The summed E-state index contributed by atoms with van der Waals surface area (Å²) in [5.74, 6) is 0.230. The third-order valence-corrected chi connectivity index (χ3v) is 5.64. The molecule has 0 bridgehead atoms. The van der Waals surface area contributed by atoms with Crippen LogP contribution in [0.3, 0.4) is 0 Å². The van der Waals surface area contributed by atoms with E-state index in [-0.39, 0.29) is 5.75 Å². The first kappa shape index (κ1) is 18.6. The average molecular weight is 386 g/mol. The van der Waals surface area contributed by atoms with E-state index in [2.05, 4.69) is 53.1 Å². The molecule has 0 amide bonds. The molecule has 0 saturated heterocycles. The summed E-state index contributed by atoms with van der Waals surface area (Å²) in [6.07, 6.45) is 0. The highest BCUT2D eigenvalue weighted by molar-refractivity contribution is 7.46. The Morgan fingerprint density at radius 3 is 1.88 bits per heavy atom. The minimum absolute atomic E-state index is 0.230. The van der Waals surface area contributed by atoms with E-state index in [4.69, 9.17) is 9.79 Å². The molecule has 0 unspecified atom stereocenters. The molecule has 2 N–H and O–H groups in total. The molecule has 134 valence electrons. The van der Waals surface area contributed by atoms with Crippen LogP contribution in [-0.4, -0.2) is 9.79 Å². The number of phosphoric acid groups is 1. The lowest BCUT2D eigenvalue weighted by Crippen LogP contribution is -1.93. The highest BCUT2D eigenvalue weighted by Crippen LogP contribution is 2.39. The predicted molar refractivity (Wildman–Crippen MR) is 108 cm³/mol. The van der Waals surface area contributed by atoms with Crippen LogP contribution < -0.4 is 4.52 Å². The van der Waals surface area contributed by atoms with E-state index in [1.807, 2.05) is 24.3 Å². The fraction of sp³-hybridized carbons (Fsp3) is 0.100. The highest BCUT2D eigenvalue weighted by atomic mass is 32.1. The normalized spacial score (nSPS) is 11.2. The van der Waals surface area contributed by atoms with Crippen LogP contribution in [0.15, 0.2) is 66.7 Å². The zero-order chi connectivity index (χ0) is 18.7. The number of rotatable bonds is 2. The van der Waals surface area contributed by atoms with Gasteiger partial charge in [0.15, 0.2) is 0 Å². The van der Waals surface area contributed by atoms with Crippen molar-refractivity contribution in [2.24, 2.45) is 0 Å². The lowest BCUT2D eigenvalue weighted by Gasteiger charge is -2.10. The SMILES string of the molecule is Cc1cccc(OP(=O)(O)O)c1C.c1ccc2c(c1)sc1ccccc12. The van der Waals surface area contributed by atoms with Crippen LogP contribution in [0.1, 0.15) is 11.1 Å². The van der Waals surface area contributed by atoms with Gasteiger partial charge in [0.25, 0.3) is 0 Å². The summed E-state index contributed by atoms with van der Waals surface area (Å²) >= 11 is 1.86. The van der Waals surface area contributed by atoms with Crippen LogP contribution in [0.2, 0.25) is 0 Å². The molecule has 0 atom stereocenters. The maximum atomic E-state index is 10.5. The zero-order valence-electron chi connectivity index (χ0n) is 14.4. The molecule has 3 aromatic carbocycles. The Balaban J connectivity index is 0.000000151. The largest absolute Gasteiger partial charge is 0.524 e. The number of thiophene rings is 1. The van der Waals surface area contributed by atoms with Gasteiger partial charge in [-0.3, -0.25) is 9.79 Å². The van der Waals surface area contributed by atoms with Gasteiger partial charge in [-0.15, -0.1) is 11.3 Å². The second-order valence-electron chi connectivity index (χ2n) is 5.87. The second-order valence-corrected chi connectivity index (χ2v) is 8.12. The van der Waals surface area contributed by atoms with E-state index in [0.29, 0.717) is 0 Å². The summed E-state index contributed by atoms with van der Waals surface area (Å²) in [4.78, 5) is 17.2. The Morgan fingerprint density at radius 1 is 0.808 bits per heavy atom. The van der Waals surface area contributed by atoms with E-state index in [0.717, 1.165) is 11.1 Å². The number of aryl methyl sites for hydroxylation is 1. The Hall–Kier alpha value is -2.17. The molecular formula is C20H19O4PS. The van der Waals surface area contributed by atoms with Crippen molar-refractivity contribution in [3.63, 3.8) is 0 Å². The van der Waals surface area contributed by atoms with E-state index in [1.54, 1.807) is 13.0 Å². The molecule has 0 fully saturated rings. The maximum Gasteiger partial charge on any atom is 0.524 e. The third-order valence-electron chi connectivity index (χ3n) is 4.06. The van der Waals surface area contributed by atoms with Gasteiger partial charge in [0.05, 0.1) is 0 Å². The summed E-state index contributed by atoms with van der Waals surface area (Å²) in [6.45, 7) is 3.60. The van der Waals surface area contributed by atoms with Gasteiger partial charge < -0.3 is 4.52 Å². The first-order valence-corrected chi connectivity index (χ1v) is 10.4. The third kappa shape index (κ3) is 4.32. The van der Waals surface area contributed by atoms with E-state index >= 15 is 0 Å². The van der Waals surface area contributed by atoms with Crippen LogP contribution in [0, 0.1) is 13.8 Å². The molecule has 0 aliphatic rings. The van der Waals surface area contributed by atoms with Crippen LogP contribution in [0.25, 0.3) is 20.2 Å². The van der Waals surface area contributed by atoms with Crippen LogP contribution in [0.5, 0.6) is 5.75 Å². The van der Waals surface area contributed by atoms with Crippen molar-refractivity contribution in [3.8, 4) is 5.75 Å². The second kappa shape index (κ2) is 7.60. The fourth-order valence-corrected chi connectivity index (χ4v) is 4.19. The van der Waals surface area contributed by atoms with Gasteiger partial charge in [0.2, 0.25) is 0 Å². The van der Waals surface area contributed by atoms with Gasteiger partial charge in [-0.25, -0.2) is 4.57 Å². The van der Waals surface area contributed by atoms with Crippen LogP contribution >= 0.6 is 19.2 Å². The molecule has 0 saturated carbocycles. The highest BCUT2D eigenvalue weighted by Gasteiger charge is 2.17. The minimum Gasteiger partial charge on any atom is -0.404 e. The quantitative estimate of drug-likeness (QED) is 0.425. The number of benzene rings is 3. The molecule has 0 radical (unpaired) electrons. The first-order chi connectivity index (χ1) is 12.3. The van der Waals surface area contributed by atoms with Crippen molar-refractivity contribution in [1.29, 1.82) is 0 Å². The zero-order valence-corrected chi connectivity index (χ0v) is 16.1. The molecular weight excluding hydrogens is 367 g/mol. The fourth-order valence-electron chi connectivity index (χ4n) is 2.63. The Bertz CT molecular complexity index is 1050. The van der Waals surface area contributed by atoms with Crippen LogP contribution in [-0.2, 0) is 4.57 Å². The predicted octanol–water partition coefficient (Wildman–Crippen LogP) is 5.83. The van der Waals surface area contributed by atoms with Crippen molar-refractivity contribution in [2.75, 3.05) is 0 Å². The summed E-state index contributed by atoms with van der Waals surface area (Å²) in [5, 5.41) is 2.76. The Kier molecular flexibility index (Phi) is 5.44. The lowest BCUT2D eigenvalue weighted by atomic mass is 10.1. The van der Waals surface area contributed by atoms with Gasteiger partial charge in [0.1, 0.15) is 5.75 Å². The van der Waals surface area contributed by atoms with Gasteiger partial charge in [0, 0.05) is 20.2 Å². The monoisotopic (exact) mass is 386 g/mol. The molecule has 0 aliphatic carbocycles. The molecule has 0 aliphatic heterocycles. The smallest absolute Gasteiger partial charge is 0.404 e. The Labute approximate surface area is 155 Å². The van der Waals surface area contributed by atoms with Gasteiger partial charge in [-0.1, -0.05) is 48.5 Å². The average Bonchev–Trinajstić information content (AvgIpc) is 2.97. The molecule has 1 heterocycles. The van der Waals surface area contributed by atoms with E-state index < -0.39 is 7.82 Å². The molecule has 6 heteroatoms. The summed E-state index contributed by atoms with van der Waals surface area (Å²) < 4.78 is 17.8. The number of hydrogen-bond donors (Lipinski definition) is 2. The molecule has 1 aromatic heterocycles. The van der Waals surface area contributed by atoms with Crippen molar-refractivity contribution in [3.05, 3.63) is 77.9 Å². The lowest BCUT2D eigenvalue weighted by molar-refractivity contribution is 0.282. The molecule has 26 heavy (non-hydrogen) atoms. The van der Waals surface area contributed by atoms with Crippen molar-refractivity contribution in [2.45, 2.75) is 13.8 Å². The topological polar surface area (TPSA) is 66.8 Å². The van der Waals surface area contributed by atoms with Crippen molar-refractivity contribution < 1.29 is 18.9 Å². The molecule has 4 rings (SSSR count). The van der Waals surface area contributed by atoms with Gasteiger partial charge in [-0.2, -0.15) is 0 Å². The Morgan fingerprint density at radius 2 is 1.35 bits per heavy atom. The number of phosphoric ester groups is 1. The van der Waals surface area contributed by atoms with Crippen molar-refractivity contribution >= 4 is 39.3 Å². The summed E-state index contributed by atoms with van der Waals surface area (Å²) in [5.41, 5.74) is 1.68. The first-order valence-electron chi connectivity index (χ1n) is 8.03.